The van der Waals surface area contributed by atoms with Gasteiger partial charge in [0.25, 0.3) is 11.5 Å². The summed E-state index contributed by atoms with van der Waals surface area (Å²) >= 11 is 1.15. The molecule has 9 heteroatoms. The first kappa shape index (κ1) is 21.6. The van der Waals surface area contributed by atoms with E-state index in [4.69, 9.17) is 9.47 Å². The van der Waals surface area contributed by atoms with Gasteiger partial charge >= 0.3 is 5.97 Å². The number of carbonyl (C=O) groups is 2. The third-order valence-electron chi connectivity index (χ3n) is 6.32. The Kier molecular flexibility index (Phi) is 5.65. The molecule has 1 atom stereocenters. The van der Waals surface area contributed by atoms with Crippen molar-refractivity contribution in [2.24, 2.45) is 5.92 Å². The molecule has 1 saturated carbocycles. The van der Waals surface area contributed by atoms with Gasteiger partial charge in [0.2, 0.25) is 0 Å². The number of nitrogens with zero attached hydrogens (tertiary/aromatic N) is 2. The number of amides is 1. The Hall–Kier alpha value is -3.20. The van der Waals surface area contributed by atoms with Gasteiger partial charge in [-0.25, -0.2) is 9.78 Å². The first-order valence-corrected chi connectivity index (χ1v) is 11.9. The van der Waals surface area contributed by atoms with Crippen LogP contribution in [0.3, 0.4) is 0 Å². The zero-order valence-corrected chi connectivity index (χ0v) is 19.4. The molecule has 2 aromatic heterocycles. The van der Waals surface area contributed by atoms with Crippen LogP contribution in [-0.2, 0) is 22.5 Å². The van der Waals surface area contributed by atoms with E-state index in [0.717, 1.165) is 54.2 Å². The summed E-state index contributed by atoms with van der Waals surface area (Å²) in [5.74, 6) is 0.933. The molecule has 3 aromatic rings. The van der Waals surface area contributed by atoms with Gasteiger partial charge in [0.15, 0.2) is 6.61 Å². The zero-order valence-electron chi connectivity index (χ0n) is 18.6. The van der Waals surface area contributed by atoms with Crippen molar-refractivity contribution in [3.63, 3.8) is 0 Å². The predicted molar refractivity (Wildman–Crippen MR) is 124 cm³/mol. The van der Waals surface area contributed by atoms with E-state index >= 15 is 0 Å². The summed E-state index contributed by atoms with van der Waals surface area (Å²) in [5.41, 5.74) is 1.46. The Morgan fingerprint density at radius 1 is 1.27 bits per heavy atom. The van der Waals surface area contributed by atoms with E-state index in [1.54, 1.807) is 18.6 Å². The van der Waals surface area contributed by atoms with Gasteiger partial charge in [0.05, 0.1) is 18.5 Å². The summed E-state index contributed by atoms with van der Waals surface area (Å²) in [5, 5.41) is 3.47. The lowest BCUT2D eigenvalue weighted by Crippen LogP contribution is -2.33. The molecule has 0 bridgehead atoms. The second-order valence-electron chi connectivity index (χ2n) is 8.56. The number of hydrogen-bond donors (Lipinski definition) is 1. The van der Waals surface area contributed by atoms with Crippen molar-refractivity contribution in [3.8, 4) is 5.75 Å². The first-order valence-electron chi connectivity index (χ1n) is 11.1. The Morgan fingerprint density at radius 3 is 2.73 bits per heavy atom. The number of benzene rings is 1. The number of aromatic nitrogens is 2. The van der Waals surface area contributed by atoms with Crippen LogP contribution in [0.25, 0.3) is 10.2 Å². The number of ether oxygens (including phenoxy) is 2. The van der Waals surface area contributed by atoms with Crippen molar-refractivity contribution in [2.45, 2.75) is 45.2 Å². The van der Waals surface area contributed by atoms with Crippen LogP contribution in [0.1, 0.15) is 51.9 Å². The van der Waals surface area contributed by atoms with Crippen molar-refractivity contribution < 1.29 is 19.1 Å². The van der Waals surface area contributed by atoms with Crippen molar-refractivity contribution in [3.05, 3.63) is 56.4 Å². The van der Waals surface area contributed by atoms with Gasteiger partial charge in [0.1, 0.15) is 21.3 Å². The van der Waals surface area contributed by atoms with Crippen molar-refractivity contribution in [2.75, 3.05) is 13.7 Å². The minimum absolute atomic E-state index is 0.107. The third-order valence-corrected chi connectivity index (χ3v) is 7.48. The molecule has 3 heterocycles. The lowest BCUT2D eigenvalue weighted by atomic mass is 10.0. The fourth-order valence-electron chi connectivity index (χ4n) is 4.40. The van der Waals surface area contributed by atoms with Crippen LogP contribution in [0.4, 0.5) is 0 Å². The van der Waals surface area contributed by atoms with Crippen LogP contribution in [0.2, 0.25) is 0 Å². The molecule has 2 aliphatic rings. The number of esters is 1. The molecule has 5 rings (SSSR count). The molecule has 8 nitrogen and oxygen atoms in total. The summed E-state index contributed by atoms with van der Waals surface area (Å²) < 4.78 is 12.2. The lowest BCUT2D eigenvalue weighted by Gasteiger charge is -2.19. The number of carbonyl (C=O) groups excluding carboxylic acids is 2. The van der Waals surface area contributed by atoms with Crippen LogP contribution < -0.4 is 15.6 Å². The number of fused-ring (bicyclic) bond motifs is 2. The molecule has 1 aliphatic carbocycles. The largest absolute Gasteiger partial charge is 0.497 e. The molecular formula is C24H25N3O5S. The molecule has 0 saturated heterocycles. The highest BCUT2D eigenvalue weighted by Gasteiger charge is 2.33. The molecule has 0 radical (unpaired) electrons. The standard InChI is InChI=1S/C24H25N3O5S/c1-13-19-22(25-17-4-3-11-27(17)23(19)29)33-21(13)24(30)32-12-18(28)26-20(14-5-6-14)15-7-9-16(31-2)10-8-15/h7-10,14,20H,3-6,11-12H2,1-2H3,(H,26,28). The zero-order chi connectivity index (χ0) is 23.1. The number of aryl methyl sites for hydroxylation is 2. The summed E-state index contributed by atoms with van der Waals surface area (Å²) in [7, 11) is 1.61. The molecular weight excluding hydrogens is 442 g/mol. The highest BCUT2D eigenvalue weighted by atomic mass is 32.1. The van der Waals surface area contributed by atoms with E-state index in [-0.39, 0.29) is 24.1 Å². The maximum Gasteiger partial charge on any atom is 0.349 e. The fourth-order valence-corrected chi connectivity index (χ4v) is 5.48. The summed E-state index contributed by atoms with van der Waals surface area (Å²) in [4.78, 5) is 43.6. The summed E-state index contributed by atoms with van der Waals surface area (Å²) in [6, 6.07) is 7.50. The normalized spacial score (nSPS) is 15.8. The van der Waals surface area contributed by atoms with Gasteiger partial charge in [-0.3, -0.25) is 14.2 Å². The third kappa shape index (κ3) is 4.13. The summed E-state index contributed by atoms with van der Waals surface area (Å²) in [6.45, 7) is 2.00. The summed E-state index contributed by atoms with van der Waals surface area (Å²) in [6.07, 6.45) is 3.76. The van der Waals surface area contributed by atoms with E-state index in [0.29, 0.717) is 33.1 Å². The maximum absolute atomic E-state index is 12.8. The first-order chi connectivity index (χ1) is 16.0. The van der Waals surface area contributed by atoms with Crippen molar-refractivity contribution in [1.82, 2.24) is 14.9 Å². The van der Waals surface area contributed by atoms with Gasteiger partial charge in [-0.15, -0.1) is 11.3 Å². The Labute approximate surface area is 194 Å². The van der Waals surface area contributed by atoms with Gasteiger partial charge in [-0.1, -0.05) is 12.1 Å². The van der Waals surface area contributed by atoms with Gasteiger partial charge in [-0.05, 0) is 55.4 Å². The molecule has 1 aromatic carbocycles. The van der Waals surface area contributed by atoms with Crippen molar-refractivity contribution >= 4 is 33.4 Å². The molecule has 1 fully saturated rings. The predicted octanol–water partition coefficient (Wildman–Crippen LogP) is 3.15. The van der Waals surface area contributed by atoms with Crippen molar-refractivity contribution in [1.29, 1.82) is 0 Å². The van der Waals surface area contributed by atoms with Crippen LogP contribution in [0, 0.1) is 12.8 Å². The Bertz CT molecular complexity index is 1290. The lowest BCUT2D eigenvalue weighted by molar-refractivity contribution is -0.125. The van der Waals surface area contributed by atoms with Gasteiger partial charge in [0, 0.05) is 13.0 Å². The van der Waals surface area contributed by atoms with Gasteiger partial charge < -0.3 is 14.8 Å². The number of methoxy groups -OCH3 is 1. The molecule has 0 spiro atoms. The number of nitrogens with one attached hydrogen (secondary N) is 1. The molecule has 1 aliphatic heterocycles. The van der Waals surface area contributed by atoms with E-state index < -0.39 is 5.97 Å². The topological polar surface area (TPSA) is 99.5 Å². The van der Waals surface area contributed by atoms with E-state index in [1.165, 1.54) is 0 Å². The highest BCUT2D eigenvalue weighted by Crippen LogP contribution is 2.41. The SMILES string of the molecule is COc1ccc(C(NC(=O)COC(=O)c2sc3nc4n(c(=O)c3c2C)CCC4)C2CC2)cc1. The minimum atomic E-state index is -0.609. The number of hydrogen-bond acceptors (Lipinski definition) is 7. The highest BCUT2D eigenvalue weighted by molar-refractivity contribution is 7.20. The minimum Gasteiger partial charge on any atom is -0.497 e. The maximum atomic E-state index is 12.8. The monoisotopic (exact) mass is 467 g/mol. The Morgan fingerprint density at radius 2 is 2.03 bits per heavy atom. The Balaban J connectivity index is 1.27. The molecule has 1 amide bonds. The van der Waals surface area contributed by atoms with Crippen LogP contribution >= 0.6 is 11.3 Å². The number of rotatable bonds is 7. The number of thiophene rings is 1. The quantitative estimate of drug-likeness (QED) is 0.536. The van der Waals surface area contributed by atoms with Crippen LogP contribution in [0.5, 0.6) is 5.75 Å². The van der Waals surface area contributed by atoms with Crippen LogP contribution in [0.15, 0.2) is 29.1 Å². The molecule has 172 valence electrons. The molecule has 1 N–H and O–H groups in total. The van der Waals surface area contributed by atoms with Crippen LogP contribution in [-0.4, -0.2) is 35.1 Å². The second kappa shape index (κ2) is 8.62. The van der Waals surface area contributed by atoms with E-state index in [9.17, 15) is 14.4 Å². The smallest absolute Gasteiger partial charge is 0.349 e. The van der Waals surface area contributed by atoms with E-state index in [1.807, 2.05) is 24.3 Å². The average molecular weight is 468 g/mol. The van der Waals surface area contributed by atoms with Gasteiger partial charge in [-0.2, -0.15) is 0 Å². The average Bonchev–Trinajstić information content (AvgIpc) is 3.45. The van der Waals surface area contributed by atoms with E-state index in [2.05, 4.69) is 10.3 Å². The fraction of sp³-hybridized carbons (Fsp3) is 0.417. The molecule has 1 unspecified atom stereocenters. The second-order valence-corrected chi connectivity index (χ2v) is 9.56. The molecule has 33 heavy (non-hydrogen) atoms.